The van der Waals surface area contributed by atoms with Crippen LogP contribution in [-0.4, -0.2) is 17.6 Å². The third-order valence-electron chi connectivity index (χ3n) is 4.74. The summed E-state index contributed by atoms with van der Waals surface area (Å²) in [6.07, 6.45) is 6.50. The number of carbonyl (C=O) groups excluding carboxylic acids is 2. The molecule has 0 spiro atoms. The van der Waals surface area contributed by atoms with Crippen molar-refractivity contribution in [2.24, 2.45) is 11.8 Å². The van der Waals surface area contributed by atoms with Gasteiger partial charge in [-0.05, 0) is 56.1 Å². The van der Waals surface area contributed by atoms with Crippen molar-refractivity contribution in [1.29, 1.82) is 0 Å². The van der Waals surface area contributed by atoms with Crippen molar-refractivity contribution < 1.29 is 9.59 Å². The summed E-state index contributed by atoms with van der Waals surface area (Å²) in [6.45, 7) is 6.21. The Morgan fingerprint density at radius 3 is 1.85 bits per heavy atom. The van der Waals surface area contributed by atoms with Crippen LogP contribution in [0.15, 0.2) is 24.3 Å². The Labute approximate surface area is 163 Å². The van der Waals surface area contributed by atoms with E-state index in [1.54, 1.807) is 0 Å². The third kappa shape index (κ3) is 7.81. The highest BCUT2D eigenvalue weighted by molar-refractivity contribution is 7.80. The van der Waals surface area contributed by atoms with Crippen molar-refractivity contribution in [2.75, 3.05) is 16.4 Å². The molecule has 0 saturated heterocycles. The maximum absolute atomic E-state index is 12.5. The highest BCUT2D eigenvalue weighted by atomic mass is 32.1. The minimum absolute atomic E-state index is 0.00101. The van der Waals surface area contributed by atoms with Gasteiger partial charge in [-0.3, -0.25) is 9.59 Å². The smallest absolute Gasteiger partial charge is 0.227 e. The molecule has 2 amide bonds. The van der Waals surface area contributed by atoms with Crippen LogP contribution in [-0.2, 0) is 9.59 Å². The van der Waals surface area contributed by atoms with E-state index in [2.05, 4.69) is 30.2 Å². The zero-order valence-corrected chi connectivity index (χ0v) is 17.3. The van der Waals surface area contributed by atoms with Crippen molar-refractivity contribution in [3.05, 3.63) is 24.3 Å². The first-order chi connectivity index (χ1) is 12.5. The Morgan fingerprint density at radius 2 is 1.42 bits per heavy atom. The van der Waals surface area contributed by atoms with Gasteiger partial charge >= 0.3 is 0 Å². The molecule has 0 aliphatic rings. The number of nitrogens with one attached hydrogen (secondary N) is 2. The first kappa shape index (κ1) is 22.6. The highest BCUT2D eigenvalue weighted by Crippen LogP contribution is 2.21. The van der Waals surface area contributed by atoms with Crippen molar-refractivity contribution in [3.8, 4) is 0 Å². The molecule has 2 unspecified atom stereocenters. The SMILES string of the molecule is CCCCC(CC)C(=O)Nc1cccc(NC(=O)C(CC)CCCS)c1. The van der Waals surface area contributed by atoms with Gasteiger partial charge in [-0.1, -0.05) is 39.7 Å². The molecule has 0 radical (unpaired) electrons. The third-order valence-corrected chi connectivity index (χ3v) is 5.06. The van der Waals surface area contributed by atoms with E-state index >= 15 is 0 Å². The molecule has 4 nitrogen and oxygen atoms in total. The minimum atomic E-state index is -0.00101. The van der Waals surface area contributed by atoms with Gasteiger partial charge in [0.15, 0.2) is 0 Å². The molecule has 0 bridgehead atoms. The Balaban J connectivity index is 2.69. The van der Waals surface area contributed by atoms with Crippen molar-refractivity contribution in [3.63, 3.8) is 0 Å². The molecule has 1 aromatic carbocycles. The molecule has 26 heavy (non-hydrogen) atoms. The average molecular weight is 379 g/mol. The lowest BCUT2D eigenvalue weighted by molar-refractivity contribution is -0.120. The molecule has 2 atom stereocenters. The molecule has 0 aliphatic heterocycles. The molecule has 0 aromatic heterocycles. The van der Waals surface area contributed by atoms with Crippen LogP contribution in [0.25, 0.3) is 0 Å². The van der Waals surface area contributed by atoms with Crippen molar-refractivity contribution >= 4 is 35.8 Å². The summed E-state index contributed by atoms with van der Waals surface area (Å²) in [7, 11) is 0. The monoisotopic (exact) mass is 378 g/mol. The van der Waals surface area contributed by atoms with Gasteiger partial charge < -0.3 is 10.6 Å². The second-order valence-corrected chi connectivity index (χ2v) is 7.22. The Hall–Kier alpha value is -1.49. The summed E-state index contributed by atoms with van der Waals surface area (Å²) in [6, 6.07) is 7.39. The van der Waals surface area contributed by atoms with Crippen LogP contribution >= 0.6 is 12.6 Å². The molecule has 146 valence electrons. The highest BCUT2D eigenvalue weighted by Gasteiger charge is 2.18. The Bertz CT molecular complexity index is 517. The van der Waals surface area contributed by atoms with E-state index in [1.807, 2.05) is 38.1 Å². The average Bonchev–Trinajstić information content (AvgIpc) is 2.63. The number of hydrogen-bond acceptors (Lipinski definition) is 3. The predicted octanol–water partition coefficient (Wildman–Crippen LogP) is 5.52. The van der Waals surface area contributed by atoms with E-state index in [0.717, 1.165) is 62.1 Å². The van der Waals surface area contributed by atoms with Crippen LogP contribution in [0.4, 0.5) is 11.4 Å². The lowest BCUT2D eigenvalue weighted by Crippen LogP contribution is -2.23. The molecule has 1 aromatic rings. The van der Waals surface area contributed by atoms with Gasteiger partial charge in [0.05, 0.1) is 0 Å². The van der Waals surface area contributed by atoms with Gasteiger partial charge in [-0.15, -0.1) is 0 Å². The number of carbonyl (C=O) groups is 2. The lowest BCUT2D eigenvalue weighted by atomic mass is 9.98. The largest absolute Gasteiger partial charge is 0.326 e. The van der Waals surface area contributed by atoms with E-state index in [-0.39, 0.29) is 23.7 Å². The van der Waals surface area contributed by atoms with Gasteiger partial charge in [0.2, 0.25) is 11.8 Å². The molecule has 2 N–H and O–H groups in total. The quantitative estimate of drug-likeness (QED) is 0.420. The maximum atomic E-state index is 12.5. The number of benzene rings is 1. The number of thiol groups is 1. The number of amides is 2. The second-order valence-electron chi connectivity index (χ2n) is 6.78. The summed E-state index contributed by atoms with van der Waals surface area (Å²) in [5.74, 6) is 0.927. The fourth-order valence-corrected chi connectivity index (χ4v) is 3.18. The first-order valence-electron chi connectivity index (χ1n) is 9.88. The zero-order chi connectivity index (χ0) is 19.4. The molecule has 0 fully saturated rings. The molecular formula is C21H34N2O2S. The van der Waals surface area contributed by atoms with Crippen molar-refractivity contribution in [1.82, 2.24) is 0 Å². The number of hydrogen-bond donors (Lipinski definition) is 3. The van der Waals surface area contributed by atoms with E-state index in [9.17, 15) is 9.59 Å². The second kappa shape index (κ2) is 12.8. The predicted molar refractivity (Wildman–Crippen MR) is 114 cm³/mol. The van der Waals surface area contributed by atoms with E-state index in [4.69, 9.17) is 0 Å². The number of rotatable bonds is 12. The van der Waals surface area contributed by atoms with E-state index in [1.165, 1.54) is 0 Å². The van der Waals surface area contributed by atoms with Crippen LogP contribution < -0.4 is 10.6 Å². The Kier molecular flexibility index (Phi) is 11.1. The maximum Gasteiger partial charge on any atom is 0.227 e. The van der Waals surface area contributed by atoms with Gasteiger partial charge in [0.25, 0.3) is 0 Å². The topological polar surface area (TPSA) is 58.2 Å². The first-order valence-corrected chi connectivity index (χ1v) is 10.5. The minimum Gasteiger partial charge on any atom is -0.326 e. The van der Waals surface area contributed by atoms with Crippen LogP contribution in [0.2, 0.25) is 0 Å². The van der Waals surface area contributed by atoms with Gasteiger partial charge in [0, 0.05) is 23.2 Å². The van der Waals surface area contributed by atoms with Crippen LogP contribution in [0.3, 0.4) is 0 Å². The normalized spacial score (nSPS) is 13.1. The summed E-state index contributed by atoms with van der Waals surface area (Å²) in [5, 5.41) is 5.97. The molecule has 5 heteroatoms. The molecule has 0 saturated carbocycles. The standard InChI is InChI=1S/C21H34N2O2S/c1-4-7-10-16(5-2)20(24)22-18-12-8-13-19(15-18)23-21(25)17(6-3)11-9-14-26/h8,12-13,15-17,26H,4-7,9-11,14H2,1-3H3,(H,22,24)(H,23,25). The summed E-state index contributed by atoms with van der Waals surface area (Å²) in [5.41, 5.74) is 1.45. The lowest BCUT2D eigenvalue weighted by Gasteiger charge is -2.17. The van der Waals surface area contributed by atoms with Gasteiger partial charge in [-0.25, -0.2) is 0 Å². The number of anilines is 2. The zero-order valence-electron chi connectivity index (χ0n) is 16.4. The van der Waals surface area contributed by atoms with Gasteiger partial charge in [-0.2, -0.15) is 12.6 Å². The molecule has 0 aliphatic carbocycles. The number of unbranched alkanes of at least 4 members (excludes halogenated alkanes) is 1. The van der Waals surface area contributed by atoms with E-state index < -0.39 is 0 Å². The summed E-state index contributed by atoms with van der Waals surface area (Å²) < 4.78 is 0. The summed E-state index contributed by atoms with van der Waals surface area (Å²) >= 11 is 4.22. The molecule has 1 rings (SSSR count). The molecular weight excluding hydrogens is 344 g/mol. The summed E-state index contributed by atoms with van der Waals surface area (Å²) in [4.78, 5) is 24.9. The van der Waals surface area contributed by atoms with Crippen LogP contribution in [0, 0.1) is 11.8 Å². The van der Waals surface area contributed by atoms with Crippen LogP contribution in [0.5, 0.6) is 0 Å². The van der Waals surface area contributed by atoms with Crippen molar-refractivity contribution in [2.45, 2.75) is 65.7 Å². The fraction of sp³-hybridized carbons (Fsp3) is 0.619. The molecule has 0 heterocycles. The fourth-order valence-electron chi connectivity index (χ4n) is 2.99. The Morgan fingerprint density at radius 1 is 0.923 bits per heavy atom. The van der Waals surface area contributed by atoms with Gasteiger partial charge in [0.1, 0.15) is 0 Å². The van der Waals surface area contributed by atoms with Crippen LogP contribution in [0.1, 0.15) is 65.7 Å². The van der Waals surface area contributed by atoms with E-state index in [0.29, 0.717) is 0 Å².